The molecule has 1 fully saturated rings. The van der Waals surface area contributed by atoms with Crippen LogP contribution in [-0.4, -0.2) is 62.1 Å². The number of ether oxygens (including phenoxy) is 1. The molecule has 0 aromatic heterocycles. The maximum Gasteiger partial charge on any atom is 0.312 e. The summed E-state index contributed by atoms with van der Waals surface area (Å²) in [7, 11) is 3.60. The lowest BCUT2D eigenvalue weighted by Crippen LogP contribution is -2.53. The van der Waals surface area contributed by atoms with E-state index >= 15 is 0 Å². The van der Waals surface area contributed by atoms with Crippen LogP contribution in [0.2, 0.25) is 0 Å². The molecule has 1 saturated heterocycles. The van der Waals surface area contributed by atoms with Crippen LogP contribution in [0.1, 0.15) is 20.8 Å². The molecule has 1 unspecified atom stereocenters. The Bertz CT molecular complexity index is 253. The molecule has 0 N–H and O–H groups in total. The van der Waals surface area contributed by atoms with Gasteiger partial charge in [0.25, 0.3) is 0 Å². The molecule has 16 heavy (non-hydrogen) atoms. The number of carbonyl (C=O) groups is 1. The third-order valence-corrected chi connectivity index (χ3v) is 3.40. The molecule has 0 aromatic rings. The summed E-state index contributed by atoms with van der Waals surface area (Å²) in [5.74, 6) is -0.126. The maximum atomic E-state index is 11.6. The Morgan fingerprint density at radius 2 is 2.06 bits per heavy atom. The minimum atomic E-state index is -0.412. The van der Waals surface area contributed by atoms with Gasteiger partial charge in [0.05, 0.1) is 12.5 Å². The van der Waals surface area contributed by atoms with Crippen LogP contribution < -0.4 is 0 Å². The molecular formula is C12H24N2O2. The lowest BCUT2D eigenvalue weighted by atomic mass is 9.92. The smallest absolute Gasteiger partial charge is 0.312 e. The van der Waals surface area contributed by atoms with Crippen molar-refractivity contribution in [2.45, 2.75) is 26.8 Å². The monoisotopic (exact) mass is 228 g/mol. The molecule has 0 saturated carbocycles. The van der Waals surface area contributed by atoms with Crippen molar-refractivity contribution < 1.29 is 9.53 Å². The summed E-state index contributed by atoms with van der Waals surface area (Å²) in [6, 6.07) is 0.558. The predicted octanol–water partition coefficient (Wildman–Crippen LogP) is 0.821. The first-order chi connectivity index (χ1) is 7.36. The van der Waals surface area contributed by atoms with Crippen molar-refractivity contribution in [1.82, 2.24) is 9.80 Å². The zero-order chi connectivity index (χ0) is 12.3. The molecule has 1 atom stereocenters. The van der Waals surface area contributed by atoms with Gasteiger partial charge in [0.1, 0.15) is 0 Å². The Kier molecular flexibility index (Phi) is 4.33. The first-order valence-electron chi connectivity index (χ1n) is 5.88. The number of esters is 1. The molecule has 0 spiro atoms. The van der Waals surface area contributed by atoms with Gasteiger partial charge >= 0.3 is 5.97 Å². The maximum absolute atomic E-state index is 11.6. The summed E-state index contributed by atoms with van der Waals surface area (Å²) in [5, 5.41) is 0. The van der Waals surface area contributed by atoms with Crippen molar-refractivity contribution in [3.8, 4) is 0 Å². The van der Waals surface area contributed by atoms with Gasteiger partial charge in [-0.25, -0.2) is 0 Å². The first kappa shape index (κ1) is 13.5. The number of hydrogen-bond acceptors (Lipinski definition) is 4. The van der Waals surface area contributed by atoms with Crippen molar-refractivity contribution in [3.63, 3.8) is 0 Å². The molecule has 94 valence electrons. The third-order valence-electron chi connectivity index (χ3n) is 3.40. The lowest BCUT2D eigenvalue weighted by Gasteiger charge is -2.40. The number of nitrogens with zero attached hydrogens (tertiary/aromatic N) is 2. The van der Waals surface area contributed by atoms with Gasteiger partial charge in [-0.3, -0.25) is 9.69 Å². The average Bonchev–Trinajstić information content (AvgIpc) is 2.22. The fraction of sp³-hybridized carbons (Fsp3) is 0.917. The second kappa shape index (κ2) is 5.15. The zero-order valence-corrected chi connectivity index (χ0v) is 11.1. The summed E-state index contributed by atoms with van der Waals surface area (Å²) >= 11 is 0. The number of carbonyl (C=O) groups excluding carboxylic acids is 1. The van der Waals surface area contributed by atoms with E-state index in [9.17, 15) is 4.79 Å². The summed E-state index contributed by atoms with van der Waals surface area (Å²) in [5.41, 5.74) is -0.412. The fourth-order valence-corrected chi connectivity index (χ4v) is 2.17. The summed E-state index contributed by atoms with van der Waals surface area (Å²) in [6.45, 7) is 10.0. The molecule has 0 amide bonds. The quantitative estimate of drug-likeness (QED) is 0.670. The van der Waals surface area contributed by atoms with E-state index in [1.54, 1.807) is 0 Å². The van der Waals surface area contributed by atoms with Crippen LogP contribution in [0.25, 0.3) is 0 Å². The molecule has 0 bridgehead atoms. The van der Waals surface area contributed by atoms with Gasteiger partial charge in [0.2, 0.25) is 0 Å². The highest BCUT2D eigenvalue weighted by molar-refractivity contribution is 5.76. The number of rotatable bonds is 3. The Morgan fingerprint density at radius 3 is 2.56 bits per heavy atom. The van der Waals surface area contributed by atoms with E-state index in [1.165, 1.54) is 7.11 Å². The van der Waals surface area contributed by atoms with Crippen LogP contribution in [-0.2, 0) is 9.53 Å². The number of likely N-dealkylation sites (N-methyl/N-ethyl adjacent to an activating group) is 1. The predicted molar refractivity (Wildman–Crippen MR) is 64.3 cm³/mol. The van der Waals surface area contributed by atoms with E-state index in [-0.39, 0.29) is 5.97 Å². The lowest BCUT2D eigenvalue weighted by molar-refractivity contribution is -0.152. The minimum absolute atomic E-state index is 0.126. The van der Waals surface area contributed by atoms with Gasteiger partial charge in [-0.2, -0.15) is 0 Å². The Morgan fingerprint density at radius 1 is 1.44 bits per heavy atom. The van der Waals surface area contributed by atoms with E-state index < -0.39 is 5.41 Å². The SMILES string of the molecule is COC(=O)C(C)(C)CN1CCN(C)C(C)C1. The van der Waals surface area contributed by atoms with Gasteiger partial charge in [0.15, 0.2) is 0 Å². The number of methoxy groups -OCH3 is 1. The van der Waals surface area contributed by atoms with Crippen LogP contribution in [0.4, 0.5) is 0 Å². The van der Waals surface area contributed by atoms with E-state index in [0.29, 0.717) is 6.04 Å². The highest BCUT2D eigenvalue weighted by atomic mass is 16.5. The largest absolute Gasteiger partial charge is 0.469 e. The molecule has 1 aliphatic heterocycles. The van der Waals surface area contributed by atoms with E-state index in [1.807, 2.05) is 13.8 Å². The summed E-state index contributed by atoms with van der Waals surface area (Å²) < 4.78 is 4.83. The van der Waals surface area contributed by atoms with Crippen molar-refractivity contribution in [3.05, 3.63) is 0 Å². The second-order valence-electron chi connectivity index (χ2n) is 5.44. The second-order valence-corrected chi connectivity index (χ2v) is 5.44. The Labute approximate surface area is 98.5 Å². The molecule has 1 heterocycles. The van der Waals surface area contributed by atoms with Gasteiger partial charge in [0, 0.05) is 32.2 Å². The van der Waals surface area contributed by atoms with E-state index in [4.69, 9.17) is 4.74 Å². The molecule has 4 nitrogen and oxygen atoms in total. The number of hydrogen-bond donors (Lipinski definition) is 0. The third kappa shape index (κ3) is 3.19. The van der Waals surface area contributed by atoms with Gasteiger partial charge < -0.3 is 9.64 Å². The highest BCUT2D eigenvalue weighted by Crippen LogP contribution is 2.20. The van der Waals surface area contributed by atoms with E-state index in [2.05, 4.69) is 23.8 Å². The molecular weight excluding hydrogens is 204 g/mol. The summed E-state index contributed by atoms with van der Waals surface area (Å²) in [6.07, 6.45) is 0. The van der Waals surface area contributed by atoms with Gasteiger partial charge in [-0.15, -0.1) is 0 Å². The van der Waals surface area contributed by atoms with Gasteiger partial charge in [-0.05, 0) is 27.8 Å². The molecule has 0 aliphatic carbocycles. The molecule has 0 aromatic carbocycles. The van der Waals surface area contributed by atoms with Crippen LogP contribution in [0.3, 0.4) is 0 Å². The standard InChI is InChI=1S/C12H24N2O2/c1-10-8-14(7-6-13(10)4)9-12(2,3)11(15)16-5/h10H,6-9H2,1-5H3. The van der Waals surface area contributed by atoms with Crippen LogP contribution in [0, 0.1) is 5.41 Å². The first-order valence-corrected chi connectivity index (χ1v) is 5.88. The van der Waals surface area contributed by atoms with Crippen LogP contribution >= 0.6 is 0 Å². The van der Waals surface area contributed by atoms with Crippen molar-refractivity contribution in [2.24, 2.45) is 5.41 Å². The minimum Gasteiger partial charge on any atom is -0.469 e. The van der Waals surface area contributed by atoms with Crippen molar-refractivity contribution >= 4 is 5.97 Å². The zero-order valence-electron chi connectivity index (χ0n) is 11.1. The molecule has 0 radical (unpaired) electrons. The molecule has 4 heteroatoms. The Balaban J connectivity index is 2.51. The topological polar surface area (TPSA) is 32.8 Å². The number of piperazine rings is 1. The average molecular weight is 228 g/mol. The van der Waals surface area contributed by atoms with Gasteiger partial charge in [-0.1, -0.05) is 0 Å². The fourth-order valence-electron chi connectivity index (χ4n) is 2.17. The van der Waals surface area contributed by atoms with E-state index in [0.717, 1.165) is 26.2 Å². The molecule has 1 aliphatic rings. The van der Waals surface area contributed by atoms with Crippen molar-refractivity contribution in [1.29, 1.82) is 0 Å². The highest BCUT2D eigenvalue weighted by Gasteiger charge is 2.33. The normalized spacial score (nSPS) is 24.4. The van der Waals surface area contributed by atoms with Crippen LogP contribution in [0.15, 0.2) is 0 Å². The van der Waals surface area contributed by atoms with Crippen LogP contribution in [0.5, 0.6) is 0 Å². The Hall–Kier alpha value is -0.610. The summed E-state index contributed by atoms with van der Waals surface area (Å²) in [4.78, 5) is 16.3. The van der Waals surface area contributed by atoms with Crippen molar-refractivity contribution in [2.75, 3.05) is 40.3 Å². The molecule has 1 rings (SSSR count).